The van der Waals surface area contributed by atoms with Gasteiger partial charge in [-0.3, -0.25) is 24.0 Å². The van der Waals surface area contributed by atoms with Gasteiger partial charge in [0, 0.05) is 6.42 Å². The lowest BCUT2D eigenvalue weighted by Gasteiger charge is -2.25. The number of carbonyl (C=O) groups excluding carboxylic acids is 3. The molecule has 5 unspecified atom stereocenters. The van der Waals surface area contributed by atoms with Gasteiger partial charge in [0.05, 0.1) is 12.5 Å². The van der Waals surface area contributed by atoms with Crippen LogP contribution in [0.3, 0.4) is 0 Å². The zero-order valence-electron chi connectivity index (χ0n) is 18.7. The SMILES string of the molecule is CC(O)C(N)C(=O)NC(CCC(=O)O)C(=O)NC(CCCCN)C(=O)NC(CC(=O)O)C(=O)O. The Hall–Kier alpha value is -3.30. The zero-order chi connectivity index (χ0) is 26.4. The largest absolute Gasteiger partial charge is 0.481 e. The average Bonchev–Trinajstić information content (AvgIpc) is 2.73. The molecule has 0 heterocycles. The van der Waals surface area contributed by atoms with Crippen molar-refractivity contribution in [3.05, 3.63) is 0 Å². The molecule has 15 heteroatoms. The molecule has 0 radical (unpaired) electrons. The van der Waals surface area contributed by atoms with Gasteiger partial charge >= 0.3 is 17.9 Å². The van der Waals surface area contributed by atoms with E-state index in [9.17, 15) is 33.9 Å². The number of hydrogen-bond donors (Lipinski definition) is 9. The van der Waals surface area contributed by atoms with E-state index in [1.165, 1.54) is 6.92 Å². The summed E-state index contributed by atoms with van der Waals surface area (Å²) in [6.45, 7) is 1.51. The Morgan fingerprint density at radius 3 is 1.71 bits per heavy atom. The van der Waals surface area contributed by atoms with Gasteiger partial charge in [0.2, 0.25) is 17.7 Å². The Bertz CT molecular complexity index is 745. The van der Waals surface area contributed by atoms with Crippen LogP contribution in [-0.2, 0) is 28.8 Å². The number of nitrogens with two attached hydrogens (primary N) is 2. The summed E-state index contributed by atoms with van der Waals surface area (Å²) in [6, 6.07) is -5.93. The summed E-state index contributed by atoms with van der Waals surface area (Å²) in [4.78, 5) is 70.6. The number of aliphatic hydroxyl groups is 1. The molecule has 5 atom stereocenters. The minimum absolute atomic E-state index is 0.000961. The standard InChI is InChI=1S/C19H33N5O10/c1-9(25)15(21)18(32)23-11(5-6-13(26)27)17(31)22-10(4-2-3-7-20)16(30)24-12(19(33)34)8-14(28)29/h9-12,15,25H,2-8,20-21H2,1H3,(H,22,31)(H,23,32)(H,24,30)(H,26,27)(H,28,29)(H,33,34). The first-order valence-corrected chi connectivity index (χ1v) is 10.5. The molecule has 0 aromatic rings. The van der Waals surface area contributed by atoms with Crippen LogP contribution in [0.5, 0.6) is 0 Å². The molecule has 3 amide bonds. The number of rotatable bonds is 17. The monoisotopic (exact) mass is 491 g/mol. The maximum Gasteiger partial charge on any atom is 0.326 e. The van der Waals surface area contributed by atoms with Crippen molar-refractivity contribution in [1.29, 1.82) is 0 Å². The Balaban J connectivity index is 5.60. The van der Waals surface area contributed by atoms with Crippen molar-refractivity contribution in [2.75, 3.05) is 6.54 Å². The topological polar surface area (TPSA) is 271 Å². The summed E-state index contributed by atoms with van der Waals surface area (Å²) in [5, 5.41) is 42.9. The highest BCUT2D eigenvalue weighted by molar-refractivity contribution is 5.94. The highest BCUT2D eigenvalue weighted by atomic mass is 16.4. The number of hydrogen-bond acceptors (Lipinski definition) is 9. The minimum atomic E-state index is -1.76. The van der Waals surface area contributed by atoms with Crippen molar-refractivity contribution in [2.24, 2.45) is 11.5 Å². The van der Waals surface area contributed by atoms with E-state index in [1.54, 1.807) is 0 Å². The van der Waals surface area contributed by atoms with Gasteiger partial charge in [-0.25, -0.2) is 4.79 Å². The van der Waals surface area contributed by atoms with Crippen molar-refractivity contribution in [2.45, 2.75) is 75.7 Å². The third-order valence-electron chi connectivity index (χ3n) is 4.68. The van der Waals surface area contributed by atoms with Gasteiger partial charge in [-0.1, -0.05) is 0 Å². The first-order valence-electron chi connectivity index (χ1n) is 10.5. The number of carboxylic acids is 3. The number of carboxylic acid groups (broad SMARTS) is 3. The van der Waals surface area contributed by atoms with Crippen molar-refractivity contribution in [3.8, 4) is 0 Å². The first kappa shape index (κ1) is 30.7. The zero-order valence-corrected chi connectivity index (χ0v) is 18.7. The maximum absolute atomic E-state index is 12.8. The number of carbonyl (C=O) groups is 6. The van der Waals surface area contributed by atoms with E-state index in [4.69, 9.17) is 26.8 Å². The molecule has 0 saturated carbocycles. The summed E-state index contributed by atoms with van der Waals surface area (Å²) in [5.74, 6) is -7.20. The second kappa shape index (κ2) is 15.5. The van der Waals surface area contributed by atoms with E-state index in [2.05, 4.69) is 10.6 Å². The lowest BCUT2D eigenvalue weighted by atomic mass is 10.0. The van der Waals surface area contributed by atoms with Gasteiger partial charge in [0.1, 0.15) is 24.2 Å². The second-order valence-corrected chi connectivity index (χ2v) is 7.60. The molecule has 34 heavy (non-hydrogen) atoms. The Morgan fingerprint density at radius 1 is 0.765 bits per heavy atom. The Morgan fingerprint density at radius 2 is 1.26 bits per heavy atom. The molecule has 0 aliphatic heterocycles. The van der Waals surface area contributed by atoms with Crippen molar-refractivity contribution in [1.82, 2.24) is 16.0 Å². The molecule has 0 aliphatic rings. The molecule has 0 aromatic carbocycles. The van der Waals surface area contributed by atoms with Crippen LogP contribution in [0.4, 0.5) is 0 Å². The molecular formula is C19H33N5O10. The quantitative estimate of drug-likeness (QED) is 0.0905. The van der Waals surface area contributed by atoms with E-state index in [-0.39, 0.29) is 19.4 Å². The number of aliphatic hydroxyl groups excluding tert-OH is 1. The maximum atomic E-state index is 12.8. The van der Waals surface area contributed by atoms with Crippen molar-refractivity contribution in [3.63, 3.8) is 0 Å². The smallest absolute Gasteiger partial charge is 0.326 e. The number of unbranched alkanes of at least 4 members (excludes halogenated alkanes) is 1. The van der Waals surface area contributed by atoms with Crippen LogP contribution < -0.4 is 27.4 Å². The van der Waals surface area contributed by atoms with E-state index in [1.807, 2.05) is 5.32 Å². The van der Waals surface area contributed by atoms with Crippen molar-refractivity contribution >= 4 is 35.6 Å². The summed E-state index contributed by atoms with van der Waals surface area (Å²) in [6.07, 6.45) is -2.26. The third-order valence-corrected chi connectivity index (χ3v) is 4.68. The fourth-order valence-electron chi connectivity index (χ4n) is 2.70. The van der Waals surface area contributed by atoms with Crippen LogP contribution in [0, 0.1) is 0 Å². The first-order chi connectivity index (χ1) is 15.8. The van der Waals surface area contributed by atoms with Crippen LogP contribution in [0.2, 0.25) is 0 Å². The molecule has 0 saturated heterocycles. The van der Waals surface area contributed by atoms with E-state index in [0.29, 0.717) is 12.8 Å². The molecule has 0 spiro atoms. The van der Waals surface area contributed by atoms with Gasteiger partial charge in [-0.15, -0.1) is 0 Å². The lowest BCUT2D eigenvalue weighted by Crippen LogP contribution is -2.58. The Labute approximate surface area is 195 Å². The van der Waals surface area contributed by atoms with Gasteiger partial charge in [0.25, 0.3) is 0 Å². The molecular weight excluding hydrogens is 458 g/mol. The summed E-state index contributed by atoms with van der Waals surface area (Å²) in [7, 11) is 0. The van der Waals surface area contributed by atoms with E-state index >= 15 is 0 Å². The molecule has 194 valence electrons. The number of aliphatic carboxylic acids is 3. The van der Waals surface area contributed by atoms with Crippen LogP contribution in [0.15, 0.2) is 0 Å². The molecule has 0 aliphatic carbocycles. The predicted molar refractivity (Wildman–Crippen MR) is 115 cm³/mol. The van der Waals surface area contributed by atoms with Gasteiger partial charge in [-0.2, -0.15) is 0 Å². The molecule has 15 nitrogen and oxygen atoms in total. The molecule has 0 aromatic heterocycles. The fraction of sp³-hybridized carbons (Fsp3) is 0.684. The number of amides is 3. The van der Waals surface area contributed by atoms with E-state index < -0.39 is 78.7 Å². The summed E-state index contributed by atoms with van der Waals surface area (Å²) >= 11 is 0. The molecule has 0 bridgehead atoms. The summed E-state index contributed by atoms with van der Waals surface area (Å²) in [5.41, 5.74) is 11.0. The van der Waals surface area contributed by atoms with Gasteiger partial charge < -0.3 is 47.8 Å². The van der Waals surface area contributed by atoms with Crippen LogP contribution in [-0.4, -0.2) is 92.9 Å². The normalized spacial score (nSPS) is 15.2. The lowest BCUT2D eigenvalue weighted by molar-refractivity contribution is -0.147. The third kappa shape index (κ3) is 12.1. The van der Waals surface area contributed by atoms with Crippen molar-refractivity contribution < 1.29 is 49.2 Å². The van der Waals surface area contributed by atoms with Crippen LogP contribution in [0.25, 0.3) is 0 Å². The fourth-order valence-corrected chi connectivity index (χ4v) is 2.70. The van der Waals surface area contributed by atoms with Crippen LogP contribution in [0.1, 0.15) is 45.4 Å². The van der Waals surface area contributed by atoms with E-state index in [0.717, 1.165) is 0 Å². The molecule has 11 N–H and O–H groups in total. The number of nitrogens with one attached hydrogen (secondary N) is 3. The second-order valence-electron chi connectivity index (χ2n) is 7.60. The molecule has 0 fully saturated rings. The summed E-state index contributed by atoms with van der Waals surface area (Å²) < 4.78 is 0. The highest BCUT2D eigenvalue weighted by Gasteiger charge is 2.31. The Kier molecular flexibility index (Phi) is 14.0. The predicted octanol–water partition coefficient (Wildman–Crippen LogP) is -3.30. The minimum Gasteiger partial charge on any atom is -0.481 e. The molecule has 0 rings (SSSR count). The van der Waals surface area contributed by atoms with Gasteiger partial charge in [0.15, 0.2) is 0 Å². The van der Waals surface area contributed by atoms with Crippen LogP contribution >= 0.6 is 0 Å². The average molecular weight is 491 g/mol. The highest BCUT2D eigenvalue weighted by Crippen LogP contribution is 2.06. The van der Waals surface area contributed by atoms with Gasteiger partial charge in [-0.05, 0) is 39.2 Å².